The minimum atomic E-state index is -1.31. The highest BCUT2D eigenvalue weighted by atomic mass is 16.8. The molecule has 0 saturated carbocycles. The van der Waals surface area contributed by atoms with Crippen molar-refractivity contribution in [1.29, 1.82) is 0 Å². The number of amides is 1. The van der Waals surface area contributed by atoms with Gasteiger partial charge in [0.1, 0.15) is 37.6 Å². The summed E-state index contributed by atoms with van der Waals surface area (Å²) in [7, 11) is 0. The molecule has 43 heavy (non-hydrogen) atoms. The van der Waals surface area contributed by atoms with Crippen LogP contribution in [0.15, 0.2) is 47.4 Å². The van der Waals surface area contributed by atoms with E-state index >= 15 is 0 Å². The molecule has 2 aliphatic rings. The van der Waals surface area contributed by atoms with Gasteiger partial charge >= 0.3 is 23.7 Å². The Morgan fingerprint density at radius 2 is 1.74 bits per heavy atom. The van der Waals surface area contributed by atoms with Crippen LogP contribution in [0.2, 0.25) is 0 Å². The first-order valence-corrected chi connectivity index (χ1v) is 13.7. The number of carbonyl (C=O) groups excluding carboxylic acids is 3. The van der Waals surface area contributed by atoms with Gasteiger partial charge in [-0.2, -0.15) is 4.98 Å². The van der Waals surface area contributed by atoms with Crippen LogP contribution in [0.25, 0.3) is 0 Å². The van der Waals surface area contributed by atoms with Crippen molar-refractivity contribution < 1.29 is 48.0 Å². The first-order valence-electron chi connectivity index (χ1n) is 13.7. The van der Waals surface area contributed by atoms with Gasteiger partial charge in [-0.25, -0.2) is 19.2 Å². The van der Waals surface area contributed by atoms with Crippen molar-refractivity contribution in [2.45, 2.75) is 83.7 Å². The van der Waals surface area contributed by atoms with Gasteiger partial charge in [0.05, 0.1) is 0 Å². The Morgan fingerprint density at radius 3 is 2.40 bits per heavy atom. The molecule has 1 amide bonds. The van der Waals surface area contributed by atoms with Crippen molar-refractivity contribution >= 4 is 23.8 Å². The van der Waals surface area contributed by atoms with Crippen LogP contribution in [-0.4, -0.2) is 75.6 Å². The maximum absolute atomic E-state index is 12.8. The predicted octanol–water partition coefficient (Wildman–Crippen LogP) is 1.89. The topological polar surface area (TPSA) is 186 Å². The molecule has 1 aromatic carbocycles. The monoisotopic (exact) mass is 604 g/mol. The van der Waals surface area contributed by atoms with Gasteiger partial charge in [0.25, 0.3) is 0 Å². The van der Waals surface area contributed by atoms with Gasteiger partial charge in [-0.15, -0.1) is 0 Å². The molecular weight excluding hydrogens is 568 g/mol. The summed E-state index contributed by atoms with van der Waals surface area (Å²) in [6, 6.07) is 9.33. The first-order chi connectivity index (χ1) is 20.4. The molecule has 15 nitrogen and oxygen atoms in total. The third-order valence-electron chi connectivity index (χ3n) is 6.77. The second kappa shape index (κ2) is 13.5. The number of benzene rings is 1. The first kappa shape index (κ1) is 31.9. The number of nitrogens with zero attached hydrogens (tertiary/aromatic N) is 2. The minimum absolute atomic E-state index is 0.0173. The van der Waals surface area contributed by atoms with E-state index in [1.165, 1.54) is 23.8 Å². The van der Waals surface area contributed by atoms with Crippen LogP contribution in [0.4, 0.5) is 10.6 Å². The Labute approximate surface area is 247 Å². The molecule has 6 atom stereocenters. The highest BCUT2D eigenvalue weighted by Crippen LogP contribution is 2.42. The fraction of sp³-hybridized carbons (Fsp3) is 0.536. The molecule has 2 aliphatic heterocycles. The maximum atomic E-state index is 12.8. The lowest BCUT2D eigenvalue weighted by atomic mass is 10.1. The second-order valence-corrected chi connectivity index (χ2v) is 10.9. The van der Waals surface area contributed by atoms with E-state index in [1.54, 1.807) is 45.3 Å². The number of esters is 2. The summed E-state index contributed by atoms with van der Waals surface area (Å²) < 4.78 is 35.0. The molecule has 2 saturated heterocycles. The van der Waals surface area contributed by atoms with Gasteiger partial charge in [-0.3, -0.25) is 15.3 Å². The largest absolute Gasteiger partial charge is 0.460 e. The predicted molar refractivity (Wildman–Crippen MR) is 147 cm³/mol. The van der Waals surface area contributed by atoms with E-state index in [0.717, 1.165) is 5.56 Å². The second-order valence-electron chi connectivity index (χ2n) is 10.9. The average Bonchev–Trinajstić information content (AvgIpc) is 3.46. The number of hydrogen-bond acceptors (Lipinski definition) is 13. The summed E-state index contributed by atoms with van der Waals surface area (Å²) in [6.07, 6.45) is -3.99. The van der Waals surface area contributed by atoms with Crippen LogP contribution in [0, 0.1) is 5.92 Å². The molecule has 3 heterocycles. The maximum Gasteiger partial charge on any atom is 0.408 e. The molecule has 2 aromatic rings. The van der Waals surface area contributed by atoms with Gasteiger partial charge in [-0.05, 0) is 38.3 Å². The van der Waals surface area contributed by atoms with Crippen LogP contribution in [0.3, 0.4) is 0 Å². The molecule has 0 bridgehead atoms. The average molecular weight is 605 g/mol. The lowest BCUT2D eigenvalue weighted by molar-refractivity contribution is -0.204. The zero-order valence-corrected chi connectivity index (χ0v) is 24.4. The number of carbonyl (C=O) groups is 3. The Morgan fingerprint density at radius 1 is 1.05 bits per heavy atom. The van der Waals surface area contributed by atoms with E-state index in [0.29, 0.717) is 0 Å². The zero-order valence-electron chi connectivity index (χ0n) is 24.4. The SMILES string of the molecule is CC(C)[C@H](NC(=O)OCc1ccccc1)C(=O)O[C@@H](C)C(=O)OC[C@H]1O[C@@H](n2ccc(NO)nc2=O)[C@@H]2OC(C)(C)O[C@@H]21. The van der Waals surface area contributed by atoms with Crippen molar-refractivity contribution in [3.05, 3.63) is 58.6 Å². The summed E-state index contributed by atoms with van der Waals surface area (Å²) in [5, 5.41) is 11.5. The molecule has 234 valence electrons. The minimum Gasteiger partial charge on any atom is -0.460 e. The Hall–Kier alpha value is -4.05. The summed E-state index contributed by atoms with van der Waals surface area (Å²) in [6.45, 7) is 7.87. The van der Waals surface area contributed by atoms with E-state index in [2.05, 4.69) is 10.3 Å². The van der Waals surface area contributed by atoms with E-state index < -0.39 is 66.2 Å². The molecule has 0 spiro atoms. The van der Waals surface area contributed by atoms with Gasteiger partial charge < -0.3 is 33.7 Å². The molecule has 1 aromatic heterocycles. The molecular formula is C28H36N4O11. The van der Waals surface area contributed by atoms with Crippen molar-refractivity contribution in [3.63, 3.8) is 0 Å². The summed E-state index contributed by atoms with van der Waals surface area (Å²) in [5.74, 6) is -3.12. The Kier molecular flexibility index (Phi) is 10.0. The Bertz CT molecular complexity index is 1350. The van der Waals surface area contributed by atoms with Crippen molar-refractivity contribution in [3.8, 4) is 0 Å². The molecule has 15 heteroatoms. The highest BCUT2D eigenvalue weighted by Gasteiger charge is 2.56. The van der Waals surface area contributed by atoms with Crippen molar-refractivity contribution in [2.24, 2.45) is 5.92 Å². The van der Waals surface area contributed by atoms with E-state index in [-0.39, 0.29) is 24.9 Å². The van der Waals surface area contributed by atoms with Crippen LogP contribution in [0.5, 0.6) is 0 Å². The number of aromatic nitrogens is 2. The highest BCUT2D eigenvalue weighted by molar-refractivity contribution is 5.84. The van der Waals surface area contributed by atoms with Crippen LogP contribution < -0.4 is 16.5 Å². The lowest BCUT2D eigenvalue weighted by Crippen LogP contribution is -2.47. The fourth-order valence-electron chi connectivity index (χ4n) is 4.65. The number of nitrogens with one attached hydrogen (secondary N) is 2. The third kappa shape index (κ3) is 7.87. The summed E-state index contributed by atoms with van der Waals surface area (Å²) in [4.78, 5) is 54.2. The standard InChI is InChI=1S/C28H36N4O11/c1-15(2)20(30-27(36)39-13-17-9-7-6-8-10-17)25(34)40-16(3)24(33)38-14-18-21-22(43-28(4,5)42-21)23(41-18)32-12-11-19(31-37)29-26(32)35/h6-12,15-16,18,20-23,37H,13-14H2,1-5H3,(H,30,36)(H,29,31,35)/t16-,18+,20-,21+,22+,23+/m0/s1. The van der Waals surface area contributed by atoms with E-state index in [1.807, 2.05) is 18.2 Å². The van der Waals surface area contributed by atoms with Crippen LogP contribution >= 0.6 is 0 Å². The lowest BCUT2D eigenvalue weighted by Gasteiger charge is -2.25. The van der Waals surface area contributed by atoms with Crippen molar-refractivity contribution in [2.75, 3.05) is 12.1 Å². The number of anilines is 1. The normalized spacial score (nSPS) is 23.6. The van der Waals surface area contributed by atoms with E-state index in [4.69, 9.17) is 33.6 Å². The molecule has 3 N–H and O–H groups in total. The molecule has 0 unspecified atom stereocenters. The summed E-state index contributed by atoms with van der Waals surface area (Å²) >= 11 is 0. The number of hydrogen-bond donors (Lipinski definition) is 3. The Balaban J connectivity index is 1.32. The van der Waals surface area contributed by atoms with Gasteiger partial charge in [0, 0.05) is 6.20 Å². The zero-order chi connectivity index (χ0) is 31.3. The molecule has 0 aliphatic carbocycles. The quantitative estimate of drug-likeness (QED) is 0.192. The van der Waals surface area contributed by atoms with Gasteiger partial charge in [-0.1, -0.05) is 44.2 Å². The number of fused-ring (bicyclic) bond motifs is 1. The number of alkyl carbamates (subject to hydrolysis) is 1. The van der Waals surface area contributed by atoms with Crippen LogP contribution in [0.1, 0.15) is 46.4 Å². The smallest absolute Gasteiger partial charge is 0.408 e. The number of rotatable bonds is 11. The van der Waals surface area contributed by atoms with E-state index in [9.17, 15) is 19.2 Å². The van der Waals surface area contributed by atoms with Gasteiger partial charge in [0.15, 0.2) is 23.9 Å². The number of ether oxygens (including phenoxy) is 6. The third-order valence-corrected chi connectivity index (χ3v) is 6.77. The molecule has 2 fully saturated rings. The van der Waals surface area contributed by atoms with Gasteiger partial charge in [0.2, 0.25) is 0 Å². The van der Waals surface area contributed by atoms with Crippen LogP contribution in [-0.2, 0) is 44.6 Å². The van der Waals surface area contributed by atoms with Crippen molar-refractivity contribution in [1.82, 2.24) is 14.9 Å². The molecule has 0 radical (unpaired) electrons. The molecule has 4 rings (SSSR count). The summed E-state index contributed by atoms with van der Waals surface area (Å²) in [5.41, 5.74) is 1.86. The fourth-order valence-corrected chi connectivity index (χ4v) is 4.65.